The summed E-state index contributed by atoms with van der Waals surface area (Å²) < 4.78 is 52.3. The van der Waals surface area contributed by atoms with Crippen LogP contribution in [0.5, 0.6) is 0 Å². The number of nitro groups is 1. The van der Waals surface area contributed by atoms with Crippen LogP contribution in [0.3, 0.4) is 0 Å². The van der Waals surface area contributed by atoms with E-state index >= 15 is 0 Å². The molecule has 25 heavy (non-hydrogen) atoms. The molecule has 0 aromatic heterocycles. The van der Waals surface area contributed by atoms with Crippen molar-refractivity contribution < 1.29 is 32.1 Å². The minimum Gasteiger partial charge on any atom is -0.269 e. The molecule has 1 aliphatic heterocycles. The Labute approximate surface area is 144 Å². The lowest BCUT2D eigenvalue weighted by atomic mass is 10.2. The molecule has 2 rings (SSSR count). The number of alkyl halides is 3. The van der Waals surface area contributed by atoms with Crippen LogP contribution in [-0.4, -0.2) is 34.6 Å². The molecule has 1 aromatic carbocycles. The highest BCUT2D eigenvalue weighted by Gasteiger charge is 2.41. The minimum absolute atomic E-state index is 0.00644. The molecule has 0 bridgehead atoms. The smallest absolute Gasteiger partial charge is 0.269 e. The van der Waals surface area contributed by atoms with Crippen molar-refractivity contribution in [2.24, 2.45) is 5.84 Å². The second-order valence-corrected chi connectivity index (χ2v) is 5.62. The number of anilines is 1. The maximum Gasteiger partial charge on any atom is 0.414 e. The third kappa shape index (κ3) is 3.61. The Morgan fingerprint density at radius 1 is 1.28 bits per heavy atom. The molecular weight excluding hydrogens is 420 g/mol. The molecule has 1 heterocycles. The minimum atomic E-state index is -4.95. The second kappa shape index (κ2) is 6.40. The largest absolute Gasteiger partial charge is 0.414 e. The number of amides is 3. The third-order valence-electron chi connectivity index (χ3n) is 3.11. The highest BCUT2D eigenvalue weighted by Crippen LogP contribution is 2.34. The van der Waals surface area contributed by atoms with Crippen molar-refractivity contribution in [3.8, 4) is 0 Å². The molecule has 13 heteroatoms. The van der Waals surface area contributed by atoms with E-state index in [9.17, 15) is 37.3 Å². The van der Waals surface area contributed by atoms with E-state index in [0.717, 1.165) is 0 Å². The number of urea groups is 1. The van der Waals surface area contributed by atoms with Crippen LogP contribution in [0, 0.1) is 15.9 Å². The Hall–Kier alpha value is -2.54. The average molecular weight is 427 g/mol. The van der Waals surface area contributed by atoms with Gasteiger partial charge in [-0.3, -0.25) is 19.9 Å². The van der Waals surface area contributed by atoms with E-state index < -0.39 is 52.3 Å². The van der Waals surface area contributed by atoms with E-state index in [4.69, 9.17) is 5.84 Å². The van der Waals surface area contributed by atoms with Crippen molar-refractivity contribution in [3.05, 3.63) is 44.2 Å². The number of hydrazine groups is 1. The first-order valence-electron chi connectivity index (χ1n) is 6.25. The number of hydrogen-bond acceptors (Lipinski definition) is 5. The summed E-state index contributed by atoms with van der Waals surface area (Å²) in [7, 11) is 0. The van der Waals surface area contributed by atoms with Crippen molar-refractivity contribution in [3.63, 3.8) is 0 Å². The van der Waals surface area contributed by atoms with Gasteiger partial charge >= 0.3 is 12.2 Å². The van der Waals surface area contributed by atoms with Crippen molar-refractivity contribution in [1.29, 1.82) is 0 Å². The lowest BCUT2D eigenvalue weighted by Crippen LogP contribution is -2.48. The van der Waals surface area contributed by atoms with Crippen LogP contribution in [0.1, 0.15) is 0 Å². The average Bonchev–Trinajstić information content (AvgIpc) is 2.57. The van der Waals surface area contributed by atoms with E-state index in [-0.39, 0.29) is 20.5 Å². The molecule has 0 fully saturated rings. The molecule has 0 aliphatic carbocycles. The van der Waals surface area contributed by atoms with Crippen LogP contribution < -0.4 is 10.7 Å². The summed E-state index contributed by atoms with van der Waals surface area (Å²) in [6, 6.07) is -0.333. The first-order valence-corrected chi connectivity index (χ1v) is 7.04. The van der Waals surface area contributed by atoms with Crippen molar-refractivity contribution in [2.45, 2.75) is 6.18 Å². The van der Waals surface area contributed by atoms with Crippen molar-refractivity contribution in [2.75, 3.05) is 11.4 Å². The highest BCUT2D eigenvalue weighted by molar-refractivity contribution is 9.10. The summed E-state index contributed by atoms with van der Waals surface area (Å²) >= 11 is 2.73. The molecule has 3 amide bonds. The van der Waals surface area contributed by atoms with Gasteiger partial charge in [0.05, 0.1) is 27.2 Å². The van der Waals surface area contributed by atoms with Gasteiger partial charge in [0.25, 0.3) is 11.6 Å². The van der Waals surface area contributed by atoms with Crippen molar-refractivity contribution >= 4 is 39.2 Å². The van der Waals surface area contributed by atoms with E-state index in [1.807, 2.05) is 0 Å². The number of carbonyl (C=O) groups is 2. The first kappa shape index (κ1) is 18.8. The fraction of sp³-hybridized carbons (Fsp3) is 0.167. The number of rotatable bonds is 2. The lowest BCUT2D eigenvalue weighted by Gasteiger charge is -2.23. The molecule has 0 spiro atoms. The molecule has 0 unspecified atom stereocenters. The van der Waals surface area contributed by atoms with Gasteiger partial charge < -0.3 is 0 Å². The van der Waals surface area contributed by atoms with Gasteiger partial charge in [0.2, 0.25) is 0 Å². The van der Waals surface area contributed by atoms with Gasteiger partial charge in [-0.15, -0.1) is 0 Å². The SMILES string of the molecule is NN1CC(C(F)(F)F)=CC(=O)N(c2cc([N+](=O)[O-])c(Br)cc2F)C1=O. The first-order chi connectivity index (χ1) is 11.4. The Balaban J connectivity index is 2.63. The van der Waals surface area contributed by atoms with Gasteiger partial charge in [-0.25, -0.2) is 19.9 Å². The van der Waals surface area contributed by atoms with Crippen LogP contribution >= 0.6 is 15.9 Å². The van der Waals surface area contributed by atoms with Gasteiger partial charge in [0, 0.05) is 12.1 Å². The number of nitro benzene ring substituents is 1. The summed E-state index contributed by atoms with van der Waals surface area (Å²) in [5.74, 6) is 2.42. The maximum atomic E-state index is 14.1. The predicted octanol–water partition coefficient (Wildman–Crippen LogP) is 2.63. The maximum absolute atomic E-state index is 14.1. The van der Waals surface area contributed by atoms with Crippen LogP contribution in [0.25, 0.3) is 0 Å². The molecule has 2 N–H and O–H groups in total. The van der Waals surface area contributed by atoms with Crippen LogP contribution in [0.2, 0.25) is 0 Å². The summed E-state index contributed by atoms with van der Waals surface area (Å²) in [5.41, 5.74) is -3.03. The molecule has 0 atom stereocenters. The van der Waals surface area contributed by atoms with Gasteiger partial charge in [0.1, 0.15) is 5.82 Å². The quantitative estimate of drug-likeness (QED) is 0.257. The van der Waals surface area contributed by atoms with E-state index in [0.29, 0.717) is 12.1 Å². The Bertz CT molecular complexity index is 811. The number of halogens is 5. The zero-order valence-electron chi connectivity index (χ0n) is 11.9. The Kier molecular flexibility index (Phi) is 4.81. The number of nitrogens with two attached hydrogens (primary N) is 1. The topological polar surface area (TPSA) is 110 Å². The lowest BCUT2D eigenvalue weighted by molar-refractivity contribution is -0.385. The number of hydrogen-bond donors (Lipinski definition) is 1. The molecule has 1 aromatic rings. The van der Waals surface area contributed by atoms with Gasteiger partial charge in [0.15, 0.2) is 0 Å². The molecule has 1 aliphatic rings. The normalized spacial score (nSPS) is 16.0. The third-order valence-corrected chi connectivity index (χ3v) is 3.75. The predicted molar refractivity (Wildman–Crippen MR) is 78.7 cm³/mol. The van der Waals surface area contributed by atoms with Crippen LogP contribution in [0.4, 0.5) is 33.7 Å². The number of carbonyl (C=O) groups excluding carboxylic acids is 2. The van der Waals surface area contributed by atoms with Crippen molar-refractivity contribution in [1.82, 2.24) is 5.01 Å². The molecule has 0 saturated heterocycles. The van der Waals surface area contributed by atoms with E-state index in [1.54, 1.807) is 0 Å². The standard InChI is InChI=1S/C12H7BrF4N4O4/c13-6-2-7(14)9(3-8(6)21(24)25)20-10(22)1-5(12(15,16)17)4-19(18)11(20)23/h1-3H,4,18H2. The number of benzene rings is 1. The summed E-state index contributed by atoms with van der Waals surface area (Å²) in [6.07, 6.45) is -4.87. The monoisotopic (exact) mass is 426 g/mol. The summed E-state index contributed by atoms with van der Waals surface area (Å²) in [6.45, 7) is -1.15. The van der Waals surface area contributed by atoms with Gasteiger partial charge in [-0.05, 0) is 22.0 Å². The number of nitrogens with zero attached hydrogens (tertiary/aromatic N) is 3. The molecule has 0 radical (unpaired) electrons. The fourth-order valence-electron chi connectivity index (χ4n) is 1.96. The van der Waals surface area contributed by atoms with E-state index in [1.165, 1.54) is 0 Å². The second-order valence-electron chi connectivity index (χ2n) is 4.76. The molecule has 0 saturated carbocycles. The van der Waals surface area contributed by atoms with Gasteiger partial charge in [-0.1, -0.05) is 0 Å². The van der Waals surface area contributed by atoms with Crippen LogP contribution in [0.15, 0.2) is 28.3 Å². The highest BCUT2D eigenvalue weighted by atomic mass is 79.9. The van der Waals surface area contributed by atoms with E-state index in [2.05, 4.69) is 15.9 Å². The Morgan fingerprint density at radius 3 is 2.40 bits per heavy atom. The van der Waals surface area contributed by atoms with Gasteiger partial charge in [-0.2, -0.15) is 13.2 Å². The fourth-order valence-corrected chi connectivity index (χ4v) is 2.42. The molecular formula is C12H7BrF4N4O4. The van der Waals surface area contributed by atoms with Crippen LogP contribution in [-0.2, 0) is 4.79 Å². The summed E-state index contributed by atoms with van der Waals surface area (Å²) in [5, 5.41) is 11.0. The zero-order valence-corrected chi connectivity index (χ0v) is 13.5. The zero-order chi connectivity index (χ0) is 19.1. The summed E-state index contributed by atoms with van der Waals surface area (Å²) in [4.78, 5) is 34.1. The number of imide groups is 1. The molecule has 8 nitrogen and oxygen atoms in total. The molecule has 134 valence electrons. The Morgan fingerprint density at radius 2 is 1.88 bits per heavy atom.